The van der Waals surface area contributed by atoms with E-state index in [0.717, 1.165) is 0 Å². The van der Waals surface area contributed by atoms with E-state index >= 15 is 0 Å². The van der Waals surface area contributed by atoms with E-state index in [-0.39, 0.29) is 12.4 Å². The van der Waals surface area contributed by atoms with Crippen LogP contribution in [0.15, 0.2) is 6.07 Å². The van der Waals surface area contributed by atoms with E-state index in [9.17, 15) is 31.1 Å². The molecule has 0 atom stereocenters. The predicted molar refractivity (Wildman–Crippen MR) is 50.9 cm³/mol. The number of aldehydes is 1. The second-order valence-electron chi connectivity index (χ2n) is 3.17. The van der Waals surface area contributed by atoms with Gasteiger partial charge in [0.25, 0.3) is 0 Å². The van der Waals surface area contributed by atoms with E-state index in [2.05, 4.69) is 9.72 Å². The quantitative estimate of drug-likeness (QED) is 0.487. The summed E-state index contributed by atoms with van der Waals surface area (Å²) in [6, 6.07) is 0.0399. The lowest BCUT2D eigenvalue weighted by atomic mass is 10.1. The molecule has 0 unspecified atom stereocenters. The average Bonchev–Trinajstić information content (AvgIpc) is 2.24. The summed E-state index contributed by atoms with van der Waals surface area (Å²) in [7, 11) is 0. The lowest BCUT2D eigenvalue weighted by Gasteiger charge is -2.15. The summed E-state index contributed by atoms with van der Waals surface area (Å²) in [5.41, 5.74) is -3.07. The van der Waals surface area contributed by atoms with E-state index in [1.807, 2.05) is 0 Å². The minimum Gasteiger partial charge on any atom is -0.388 e. The lowest BCUT2D eigenvalue weighted by Crippen LogP contribution is -2.20. The van der Waals surface area contributed by atoms with Gasteiger partial charge in [-0.05, 0) is 0 Å². The van der Waals surface area contributed by atoms with Crippen LogP contribution in [0.1, 0.15) is 21.6 Å². The topological polar surface area (TPSA) is 39.2 Å². The molecule has 106 valence electrons. The fraction of sp³-hybridized carbons (Fsp3) is 0.333. The molecule has 0 radical (unpaired) electrons. The summed E-state index contributed by atoms with van der Waals surface area (Å²) >= 11 is 5.25. The van der Waals surface area contributed by atoms with Gasteiger partial charge in [-0.3, -0.25) is 4.79 Å². The first-order valence-electron chi connectivity index (χ1n) is 4.46. The lowest BCUT2D eigenvalue weighted by molar-refractivity contribution is -0.276. The average molecular weight is 308 g/mol. The second kappa shape index (κ2) is 5.24. The molecule has 1 heterocycles. The van der Waals surface area contributed by atoms with Crippen LogP contribution in [0.2, 0.25) is 0 Å². The Bertz CT molecular complexity index is 485. The smallest absolute Gasteiger partial charge is 0.388 e. The Morgan fingerprint density at radius 3 is 2.21 bits per heavy atom. The zero-order valence-electron chi connectivity index (χ0n) is 8.77. The number of carbonyl (C=O) groups excluding carboxylic acids is 1. The number of alkyl halides is 7. The zero-order chi connectivity index (χ0) is 14.8. The van der Waals surface area contributed by atoms with Gasteiger partial charge in [0.1, 0.15) is 5.69 Å². The van der Waals surface area contributed by atoms with Crippen molar-refractivity contribution < 1.29 is 35.9 Å². The number of aromatic nitrogens is 1. The molecule has 0 saturated heterocycles. The molecule has 0 aliphatic rings. The van der Waals surface area contributed by atoms with Gasteiger partial charge in [-0.25, -0.2) is 4.98 Å². The van der Waals surface area contributed by atoms with E-state index in [1.165, 1.54) is 0 Å². The first-order valence-corrected chi connectivity index (χ1v) is 5.00. The third-order valence-corrected chi connectivity index (χ3v) is 2.17. The molecule has 19 heavy (non-hydrogen) atoms. The molecule has 0 spiro atoms. The molecule has 1 aromatic rings. The van der Waals surface area contributed by atoms with Gasteiger partial charge in [0.05, 0.1) is 11.4 Å². The van der Waals surface area contributed by atoms with E-state index in [4.69, 9.17) is 11.6 Å². The van der Waals surface area contributed by atoms with Crippen LogP contribution in [0.4, 0.5) is 26.3 Å². The summed E-state index contributed by atoms with van der Waals surface area (Å²) in [6.07, 6.45) is -10.3. The molecule has 0 N–H and O–H groups in total. The highest BCUT2D eigenvalue weighted by molar-refractivity contribution is 6.17. The number of halogens is 7. The summed E-state index contributed by atoms with van der Waals surface area (Å²) in [4.78, 5) is 13.6. The minimum atomic E-state index is -5.22. The Morgan fingerprint density at radius 2 is 1.84 bits per heavy atom. The van der Waals surface area contributed by atoms with Crippen molar-refractivity contribution in [1.82, 2.24) is 4.98 Å². The Kier molecular flexibility index (Phi) is 4.28. The van der Waals surface area contributed by atoms with E-state index in [1.54, 1.807) is 0 Å². The number of pyridine rings is 1. The van der Waals surface area contributed by atoms with Crippen LogP contribution in [0, 0.1) is 0 Å². The Hall–Kier alpha value is -1.51. The third-order valence-electron chi connectivity index (χ3n) is 1.90. The standard InChI is InChI=1S/C9H4ClF6NO2/c10-2-4-5(8(11,12)13)1-7(17-6(4)3-18)19-9(14,15)16/h1,3H,2H2. The number of nitrogens with zero attached hydrogens (tertiary/aromatic N) is 1. The molecule has 0 aliphatic heterocycles. The Morgan fingerprint density at radius 1 is 1.26 bits per heavy atom. The van der Waals surface area contributed by atoms with Crippen LogP contribution in [0.25, 0.3) is 0 Å². The molecule has 1 aromatic heterocycles. The van der Waals surface area contributed by atoms with Crippen molar-refractivity contribution in [2.24, 2.45) is 0 Å². The molecule has 0 aliphatic carbocycles. The highest BCUT2D eigenvalue weighted by atomic mass is 35.5. The number of carbonyl (C=O) groups is 1. The van der Waals surface area contributed by atoms with Crippen molar-refractivity contribution in [3.05, 3.63) is 22.9 Å². The van der Waals surface area contributed by atoms with E-state index < -0.39 is 41.1 Å². The summed E-state index contributed by atoms with van der Waals surface area (Å²) in [6.45, 7) is 0. The Balaban J connectivity index is 3.43. The molecule has 0 amide bonds. The monoisotopic (exact) mass is 307 g/mol. The molecular weight excluding hydrogens is 304 g/mol. The summed E-state index contributed by atoms with van der Waals surface area (Å²) < 4.78 is 76.9. The van der Waals surface area contributed by atoms with Crippen LogP contribution < -0.4 is 4.74 Å². The molecule has 10 heteroatoms. The maximum atomic E-state index is 12.6. The van der Waals surface area contributed by atoms with Gasteiger partial charge in [0.2, 0.25) is 5.88 Å². The first kappa shape index (κ1) is 15.5. The van der Waals surface area contributed by atoms with Gasteiger partial charge < -0.3 is 4.74 Å². The summed E-state index contributed by atoms with van der Waals surface area (Å²) in [5.74, 6) is -2.11. The fourth-order valence-corrected chi connectivity index (χ4v) is 1.51. The van der Waals surface area contributed by atoms with Crippen LogP contribution in [-0.2, 0) is 12.1 Å². The Labute approximate surface area is 107 Å². The van der Waals surface area contributed by atoms with Gasteiger partial charge in [0, 0.05) is 11.6 Å². The van der Waals surface area contributed by atoms with E-state index in [0.29, 0.717) is 0 Å². The van der Waals surface area contributed by atoms with Crippen molar-refractivity contribution in [1.29, 1.82) is 0 Å². The van der Waals surface area contributed by atoms with Gasteiger partial charge >= 0.3 is 12.5 Å². The predicted octanol–water partition coefficient (Wildman–Crippen LogP) is 3.55. The molecule has 0 saturated carbocycles. The highest BCUT2D eigenvalue weighted by Gasteiger charge is 2.38. The number of rotatable bonds is 3. The fourth-order valence-electron chi connectivity index (χ4n) is 1.23. The SMILES string of the molecule is O=Cc1nc(OC(F)(F)F)cc(C(F)(F)F)c1CCl. The highest BCUT2D eigenvalue weighted by Crippen LogP contribution is 2.36. The van der Waals surface area contributed by atoms with Crippen LogP contribution in [-0.4, -0.2) is 17.6 Å². The van der Waals surface area contributed by atoms with Crippen molar-refractivity contribution in [3.8, 4) is 5.88 Å². The first-order chi connectivity index (χ1) is 8.58. The zero-order valence-corrected chi connectivity index (χ0v) is 9.53. The van der Waals surface area contributed by atoms with Gasteiger partial charge in [-0.2, -0.15) is 13.2 Å². The third kappa shape index (κ3) is 3.98. The molecular formula is C9H4ClF6NO2. The van der Waals surface area contributed by atoms with Crippen LogP contribution >= 0.6 is 11.6 Å². The van der Waals surface area contributed by atoms with Crippen LogP contribution in [0.3, 0.4) is 0 Å². The minimum absolute atomic E-state index is 0.0399. The van der Waals surface area contributed by atoms with Crippen molar-refractivity contribution >= 4 is 17.9 Å². The molecule has 1 rings (SSSR count). The van der Waals surface area contributed by atoms with Gasteiger partial charge in [-0.1, -0.05) is 0 Å². The molecule has 0 fully saturated rings. The van der Waals surface area contributed by atoms with Crippen LogP contribution in [0.5, 0.6) is 5.88 Å². The molecule has 0 bridgehead atoms. The van der Waals surface area contributed by atoms with Gasteiger partial charge in [0.15, 0.2) is 6.29 Å². The van der Waals surface area contributed by atoms with Crippen molar-refractivity contribution in [2.75, 3.05) is 0 Å². The van der Waals surface area contributed by atoms with Crippen molar-refractivity contribution in [2.45, 2.75) is 18.4 Å². The molecule has 0 aromatic carbocycles. The number of hydrogen-bond acceptors (Lipinski definition) is 3. The van der Waals surface area contributed by atoms with Gasteiger partial charge in [-0.15, -0.1) is 24.8 Å². The largest absolute Gasteiger partial charge is 0.574 e. The maximum Gasteiger partial charge on any atom is 0.574 e. The number of ether oxygens (including phenoxy) is 1. The van der Waals surface area contributed by atoms with Crippen molar-refractivity contribution in [3.63, 3.8) is 0 Å². The second-order valence-corrected chi connectivity index (χ2v) is 3.44. The maximum absolute atomic E-state index is 12.6. The number of hydrogen-bond donors (Lipinski definition) is 0. The normalized spacial score (nSPS) is 12.4. The molecule has 3 nitrogen and oxygen atoms in total. The summed E-state index contributed by atoms with van der Waals surface area (Å²) in [5, 5.41) is 0.